The number of hydrazone groups is 1. The predicted molar refractivity (Wildman–Crippen MR) is 107 cm³/mol. The molecule has 1 amide bonds. The lowest BCUT2D eigenvalue weighted by Gasteiger charge is -2.19. The molecule has 0 unspecified atom stereocenters. The van der Waals surface area contributed by atoms with Crippen molar-refractivity contribution in [3.8, 4) is 5.75 Å². The van der Waals surface area contributed by atoms with Gasteiger partial charge in [-0.05, 0) is 48.9 Å². The number of anilines is 1. The van der Waals surface area contributed by atoms with Gasteiger partial charge in [0.2, 0.25) is 0 Å². The van der Waals surface area contributed by atoms with Crippen LogP contribution in [0.2, 0.25) is 0 Å². The minimum atomic E-state index is -1.02. The first-order valence-electron chi connectivity index (χ1n) is 9.03. The van der Waals surface area contributed by atoms with E-state index in [1.54, 1.807) is 24.1 Å². The van der Waals surface area contributed by atoms with Gasteiger partial charge in [0.15, 0.2) is 6.61 Å². The van der Waals surface area contributed by atoms with E-state index >= 15 is 0 Å². The fraction of sp³-hybridized carbons (Fsp3) is 0.286. The molecule has 1 aliphatic rings. The van der Waals surface area contributed by atoms with Gasteiger partial charge in [0.1, 0.15) is 5.75 Å². The summed E-state index contributed by atoms with van der Waals surface area (Å²) in [4.78, 5) is 24.8. The molecule has 1 aliphatic heterocycles. The average molecular weight is 381 g/mol. The quantitative estimate of drug-likeness (QED) is 0.797. The molecule has 0 spiro atoms. The van der Waals surface area contributed by atoms with Gasteiger partial charge in [-0.3, -0.25) is 9.80 Å². The number of carboxylic acid groups (broad SMARTS) is 1. The van der Waals surface area contributed by atoms with E-state index in [1.165, 1.54) is 0 Å². The second-order valence-corrected chi connectivity index (χ2v) is 6.74. The minimum absolute atomic E-state index is 0.0705. The second-order valence-electron chi connectivity index (χ2n) is 6.74. The van der Waals surface area contributed by atoms with E-state index < -0.39 is 5.97 Å². The van der Waals surface area contributed by atoms with E-state index in [4.69, 9.17) is 9.84 Å². The number of carbonyl (C=O) groups excluding carboxylic acids is 1. The molecular formula is C21H23N3O4. The maximum Gasteiger partial charge on any atom is 0.341 e. The Hall–Kier alpha value is -3.35. The molecule has 7 nitrogen and oxygen atoms in total. The number of carboxylic acids is 1. The van der Waals surface area contributed by atoms with Crippen LogP contribution in [0.1, 0.15) is 29.3 Å². The third-order valence-electron chi connectivity index (χ3n) is 4.44. The largest absolute Gasteiger partial charge is 0.482 e. The first kappa shape index (κ1) is 19.4. The van der Waals surface area contributed by atoms with Gasteiger partial charge in [0, 0.05) is 37.8 Å². The summed E-state index contributed by atoms with van der Waals surface area (Å²) >= 11 is 0. The van der Waals surface area contributed by atoms with Gasteiger partial charge < -0.3 is 14.7 Å². The first-order valence-corrected chi connectivity index (χ1v) is 9.03. The lowest BCUT2D eigenvalue weighted by Crippen LogP contribution is -2.26. The number of nitrogens with zero attached hydrogens (tertiary/aromatic N) is 3. The van der Waals surface area contributed by atoms with Crippen molar-refractivity contribution in [1.29, 1.82) is 0 Å². The molecule has 0 atom stereocenters. The number of hydrogen-bond acceptors (Lipinski definition) is 5. The van der Waals surface area contributed by atoms with Crippen LogP contribution in [0.4, 0.5) is 5.69 Å². The number of benzene rings is 2. The summed E-state index contributed by atoms with van der Waals surface area (Å²) in [6.07, 6.45) is 0.962. The SMILES string of the molecule is CC1=NN(c2ccc(C(=O)N(C)Cc3ccc(OCC(=O)O)cc3)cc2)CC1. The van der Waals surface area contributed by atoms with Gasteiger partial charge in [0.25, 0.3) is 5.91 Å². The van der Waals surface area contributed by atoms with Crippen molar-refractivity contribution < 1.29 is 19.4 Å². The van der Waals surface area contributed by atoms with Crippen LogP contribution >= 0.6 is 0 Å². The lowest BCUT2D eigenvalue weighted by atomic mass is 10.1. The number of ether oxygens (including phenoxy) is 1. The molecule has 2 aromatic rings. The van der Waals surface area contributed by atoms with Gasteiger partial charge in [-0.1, -0.05) is 12.1 Å². The molecular weight excluding hydrogens is 358 g/mol. The molecule has 1 heterocycles. The van der Waals surface area contributed by atoms with E-state index in [1.807, 2.05) is 48.3 Å². The van der Waals surface area contributed by atoms with Crippen LogP contribution in [0.3, 0.4) is 0 Å². The summed E-state index contributed by atoms with van der Waals surface area (Å²) in [5.41, 5.74) is 3.64. The Labute approximate surface area is 163 Å². The molecule has 3 rings (SSSR count). The number of rotatable bonds is 7. The predicted octanol–water partition coefficient (Wildman–Crippen LogP) is 3.01. The maximum absolute atomic E-state index is 12.7. The molecule has 0 saturated heterocycles. The van der Waals surface area contributed by atoms with Crippen molar-refractivity contribution >= 4 is 23.3 Å². The normalized spacial score (nSPS) is 13.2. The Balaban J connectivity index is 1.59. The Morgan fingerprint density at radius 3 is 2.39 bits per heavy atom. The van der Waals surface area contributed by atoms with Crippen molar-refractivity contribution in [3.63, 3.8) is 0 Å². The monoisotopic (exact) mass is 381 g/mol. The van der Waals surface area contributed by atoms with Crippen LogP contribution in [0.15, 0.2) is 53.6 Å². The molecule has 146 valence electrons. The molecule has 2 aromatic carbocycles. The first-order chi connectivity index (χ1) is 13.4. The Morgan fingerprint density at radius 1 is 1.14 bits per heavy atom. The number of amides is 1. The molecule has 0 bridgehead atoms. The fourth-order valence-electron chi connectivity index (χ4n) is 2.94. The highest BCUT2D eigenvalue weighted by Crippen LogP contribution is 2.21. The Bertz CT molecular complexity index is 876. The van der Waals surface area contributed by atoms with Gasteiger partial charge in [-0.25, -0.2) is 4.79 Å². The van der Waals surface area contributed by atoms with Gasteiger partial charge >= 0.3 is 5.97 Å². The topological polar surface area (TPSA) is 82.4 Å². The van der Waals surface area contributed by atoms with Crippen LogP contribution < -0.4 is 9.75 Å². The van der Waals surface area contributed by atoms with Gasteiger partial charge in [-0.15, -0.1) is 0 Å². The zero-order valence-electron chi connectivity index (χ0n) is 16.0. The van der Waals surface area contributed by atoms with Gasteiger partial charge in [0.05, 0.1) is 5.69 Å². The summed E-state index contributed by atoms with van der Waals surface area (Å²) in [6, 6.07) is 14.5. The standard InChI is InChI=1S/C21H23N3O4/c1-15-11-12-24(22-15)18-7-5-17(6-8-18)21(27)23(2)13-16-3-9-19(10-4-16)28-14-20(25)26/h3-10H,11-14H2,1-2H3,(H,25,26). The molecule has 0 radical (unpaired) electrons. The maximum atomic E-state index is 12.7. The average Bonchev–Trinajstić information content (AvgIpc) is 3.13. The summed E-state index contributed by atoms with van der Waals surface area (Å²) in [5, 5.41) is 15.0. The van der Waals surface area contributed by atoms with Gasteiger partial charge in [-0.2, -0.15) is 5.10 Å². The molecule has 7 heteroatoms. The van der Waals surface area contributed by atoms with Crippen LogP contribution in [0.25, 0.3) is 0 Å². The fourth-order valence-corrected chi connectivity index (χ4v) is 2.94. The van der Waals surface area contributed by atoms with E-state index in [2.05, 4.69) is 5.10 Å². The molecule has 0 aromatic heterocycles. The number of carbonyl (C=O) groups is 2. The van der Waals surface area contributed by atoms with Crippen molar-refractivity contribution in [1.82, 2.24) is 4.90 Å². The summed E-state index contributed by atoms with van der Waals surface area (Å²) < 4.78 is 5.11. The Morgan fingerprint density at radius 2 is 1.82 bits per heavy atom. The smallest absolute Gasteiger partial charge is 0.341 e. The van der Waals surface area contributed by atoms with Crippen LogP contribution in [-0.2, 0) is 11.3 Å². The highest BCUT2D eigenvalue weighted by Gasteiger charge is 2.15. The third-order valence-corrected chi connectivity index (χ3v) is 4.44. The van der Waals surface area contributed by atoms with Crippen LogP contribution in [0, 0.1) is 0 Å². The molecule has 0 aliphatic carbocycles. The number of hydrogen-bond donors (Lipinski definition) is 1. The third kappa shape index (κ3) is 4.88. The van der Waals surface area contributed by atoms with Crippen LogP contribution in [-0.4, -0.2) is 47.8 Å². The zero-order valence-corrected chi connectivity index (χ0v) is 16.0. The minimum Gasteiger partial charge on any atom is -0.482 e. The highest BCUT2D eigenvalue weighted by atomic mass is 16.5. The van der Waals surface area contributed by atoms with E-state index in [-0.39, 0.29) is 12.5 Å². The van der Waals surface area contributed by atoms with Crippen molar-refractivity contribution in [3.05, 3.63) is 59.7 Å². The van der Waals surface area contributed by atoms with Crippen molar-refractivity contribution in [2.75, 3.05) is 25.2 Å². The molecule has 28 heavy (non-hydrogen) atoms. The van der Waals surface area contributed by atoms with E-state index in [9.17, 15) is 9.59 Å². The van der Waals surface area contributed by atoms with Crippen LogP contribution in [0.5, 0.6) is 5.75 Å². The molecule has 1 N–H and O–H groups in total. The van der Waals surface area contributed by atoms with Crippen molar-refractivity contribution in [2.24, 2.45) is 5.10 Å². The van der Waals surface area contributed by atoms with E-state index in [0.717, 1.165) is 29.9 Å². The summed E-state index contributed by atoms with van der Waals surface area (Å²) in [5.74, 6) is -0.610. The highest BCUT2D eigenvalue weighted by molar-refractivity contribution is 5.94. The molecule has 0 saturated carbocycles. The number of aliphatic carboxylic acids is 1. The van der Waals surface area contributed by atoms with Crippen molar-refractivity contribution in [2.45, 2.75) is 19.9 Å². The summed E-state index contributed by atoms with van der Waals surface area (Å²) in [7, 11) is 1.75. The zero-order chi connectivity index (χ0) is 20.1. The van der Waals surface area contributed by atoms with E-state index in [0.29, 0.717) is 17.9 Å². The second kappa shape index (κ2) is 8.56. The summed E-state index contributed by atoms with van der Waals surface area (Å²) in [6.45, 7) is 2.94. The lowest BCUT2D eigenvalue weighted by molar-refractivity contribution is -0.139. The molecule has 0 fully saturated rings. The Kier molecular flexibility index (Phi) is 5.93.